The van der Waals surface area contributed by atoms with Crippen LogP contribution in [-0.2, 0) is 4.74 Å². The van der Waals surface area contributed by atoms with Crippen molar-refractivity contribution in [2.45, 2.75) is 6.92 Å². The van der Waals surface area contributed by atoms with Gasteiger partial charge in [-0.2, -0.15) is 0 Å². The van der Waals surface area contributed by atoms with Gasteiger partial charge in [0.1, 0.15) is 0 Å². The van der Waals surface area contributed by atoms with E-state index in [4.69, 9.17) is 4.74 Å². The highest BCUT2D eigenvalue weighted by Crippen LogP contribution is 2.05. The van der Waals surface area contributed by atoms with Gasteiger partial charge in [0.15, 0.2) is 6.61 Å². The molecule has 0 amide bonds. The van der Waals surface area contributed by atoms with Crippen LogP contribution >= 0.6 is 0 Å². The maximum Gasteiger partial charge on any atom is 0.338 e. The summed E-state index contributed by atoms with van der Waals surface area (Å²) in [7, 11) is 0. The van der Waals surface area contributed by atoms with E-state index < -0.39 is 5.97 Å². The normalized spacial score (nSPS) is 10.1. The van der Waals surface area contributed by atoms with Crippen LogP contribution in [0, 0.1) is 6.92 Å². The number of ether oxygens (including phenoxy) is 1. The first-order chi connectivity index (χ1) is 8.66. The molecule has 2 aromatic rings. The van der Waals surface area contributed by atoms with Crippen molar-refractivity contribution in [3.8, 4) is 0 Å². The molecule has 0 spiro atoms. The Bertz CT molecular complexity index is 541. The number of esters is 1. The SMILES string of the molecule is Cc1ccc(C(=O)OCC(=O)c2ccc[nH]2)cc1. The van der Waals surface area contributed by atoms with Gasteiger partial charge in [-0.25, -0.2) is 4.79 Å². The fourth-order valence-electron chi connectivity index (χ4n) is 1.49. The second-order valence-corrected chi connectivity index (χ2v) is 3.95. The van der Waals surface area contributed by atoms with Crippen LogP contribution in [0.3, 0.4) is 0 Å². The van der Waals surface area contributed by atoms with E-state index in [2.05, 4.69) is 4.98 Å². The van der Waals surface area contributed by atoms with Gasteiger partial charge < -0.3 is 9.72 Å². The maximum absolute atomic E-state index is 11.6. The van der Waals surface area contributed by atoms with Crippen LogP contribution in [-0.4, -0.2) is 23.3 Å². The summed E-state index contributed by atoms with van der Waals surface area (Å²) in [6.07, 6.45) is 1.65. The lowest BCUT2D eigenvalue weighted by Crippen LogP contribution is -2.14. The van der Waals surface area contributed by atoms with Gasteiger partial charge >= 0.3 is 5.97 Å². The number of rotatable bonds is 4. The van der Waals surface area contributed by atoms with Gasteiger partial charge in [-0.1, -0.05) is 17.7 Å². The lowest BCUT2D eigenvalue weighted by atomic mass is 10.1. The molecule has 0 radical (unpaired) electrons. The first kappa shape index (κ1) is 12.1. The van der Waals surface area contributed by atoms with Crippen molar-refractivity contribution >= 4 is 11.8 Å². The molecule has 0 unspecified atom stereocenters. The van der Waals surface area contributed by atoms with Gasteiger partial charge in [-0.05, 0) is 31.2 Å². The number of carbonyl (C=O) groups excluding carboxylic acids is 2. The largest absolute Gasteiger partial charge is 0.454 e. The Kier molecular flexibility index (Phi) is 3.57. The number of benzene rings is 1. The van der Waals surface area contributed by atoms with Crippen LogP contribution in [0.25, 0.3) is 0 Å². The topological polar surface area (TPSA) is 59.2 Å². The number of aromatic nitrogens is 1. The number of hydrogen-bond donors (Lipinski definition) is 1. The standard InChI is InChI=1S/C14H13NO3/c1-10-4-6-11(7-5-10)14(17)18-9-13(16)12-3-2-8-15-12/h2-8,15H,9H2,1H3. The number of carbonyl (C=O) groups is 2. The number of aryl methyl sites for hydroxylation is 1. The Balaban J connectivity index is 1.92. The third-order valence-corrected chi connectivity index (χ3v) is 2.52. The Morgan fingerprint density at radius 2 is 1.89 bits per heavy atom. The van der Waals surface area contributed by atoms with E-state index in [-0.39, 0.29) is 12.4 Å². The maximum atomic E-state index is 11.6. The summed E-state index contributed by atoms with van der Waals surface area (Å²) in [5.41, 5.74) is 1.95. The highest BCUT2D eigenvalue weighted by atomic mass is 16.5. The van der Waals surface area contributed by atoms with Crippen molar-refractivity contribution in [3.63, 3.8) is 0 Å². The summed E-state index contributed by atoms with van der Waals surface area (Å²) in [5, 5.41) is 0. The van der Waals surface area contributed by atoms with Gasteiger partial charge in [0.05, 0.1) is 11.3 Å². The summed E-state index contributed by atoms with van der Waals surface area (Å²) < 4.78 is 4.95. The molecule has 1 aromatic heterocycles. The van der Waals surface area contributed by atoms with Crippen molar-refractivity contribution in [1.29, 1.82) is 0 Å². The Morgan fingerprint density at radius 3 is 2.50 bits per heavy atom. The number of Topliss-reactive ketones (excluding diaryl/α,β-unsaturated/α-hetero) is 1. The number of aromatic amines is 1. The molecule has 0 aliphatic heterocycles. The number of nitrogens with one attached hydrogen (secondary N) is 1. The van der Waals surface area contributed by atoms with E-state index in [1.807, 2.05) is 19.1 Å². The zero-order valence-corrected chi connectivity index (χ0v) is 9.97. The number of H-pyrrole nitrogens is 1. The van der Waals surface area contributed by atoms with E-state index in [1.54, 1.807) is 30.5 Å². The molecule has 1 aromatic carbocycles. The zero-order chi connectivity index (χ0) is 13.0. The van der Waals surface area contributed by atoms with Gasteiger partial charge in [-0.15, -0.1) is 0 Å². The fraction of sp³-hybridized carbons (Fsp3) is 0.143. The second kappa shape index (κ2) is 5.31. The third kappa shape index (κ3) is 2.85. The van der Waals surface area contributed by atoms with Crippen molar-refractivity contribution < 1.29 is 14.3 Å². The summed E-state index contributed by atoms with van der Waals surface area (Å²) in [6.45, 7) is 1.68. The van der Waals surface area contributed by atoms with E-state index in [0.717, 1.165) is 5.56 Å². The first-order valence-electron chi connectivity index (χ1n) is 5.57. The van der Waals surface area contributed by atoms with Crippen LogP contribution in [0.4, 0.5) is 0 Å². The molecule has 0 fully saturated rings. The molecule has 92 valence electrons. The predicted octanol–water partition coefficient (Wildman–Crippen LogP) is 2.36. The third-order valence-electron chi connectivity index (χ3n) is 2.52. The monoisotopic (exact) mass is 243 g/mol. The average Bonchev–Trinajstić information content (AvgIpc) is 2.90. The quantitative estimate of drug-likeness (QED) is 0.662. The molecule has 0 aliphatic carbocycles. The minimum atomic E-state index is -0.491. The lowest BCUT2D eigenvalue weighted by Gasteiger charge is -2.03. The van der Waals surface area contributed by atoms with Crippen LogP contribution in [0.1, 0.15) is 26.4 Å². The van der Waals surface area contributed by atoms with Crippen LogP contribution in [0.15, 0.2) is 42.6 Å². The van der Waals surface area contributed by atoms with E-state index >= 15 is 0 Å². The fourth-order valence-corrected chi connectivity index (χ4v) is 1.49. The first-order valence-corrected chi connectivity index (χ1v) is 5.57. The minimum absolute atomic E-state index is 0.250. The summed E-state index contributed by atoms with van der Waals surface area (Å²) in [5.74, 6) is -0.740. The lowest BCUT2D eigenvalue weighted by molar-refractivity contribution is 0.0473. The van der Waals surface area contributed by atoms with Crippen molar-refractivity contribution in [2.24, 2.45) is 0 Å². The summed E-state index contributed by atoms with van der Waals surface area (Å²) in [6, 6.07) is 10.4. The van der Waals surface area contributed by atoms with Gasteiger partial charge in [0.2, 0.25) is 5.78 Å². The molecule has 0 bridgehead atoms. The van der Waals surface area contributed by atoms with Gasteiger partial charge in [-0.3, -0.25) is 4.79 Å². The molecule has 0 atom stereocenters. The van der Waals surface area contributed by atoms with Crippen molar-refractivity contribution in [1.82, 2.24) is 4.98 Å². The van der Waals surface area contributed by atoms with Crippen LogP contribution in [0.5, 0.6) is 0 Å². The predicted molar refractivity (Wildman–Crippen MR) is 66.6 cm³/mol. The van der Waals surface area contributed by atoms with Crippen molar-refractivity contribution in [2.75, 3.05) is 6.61 Å². The second-order valence-electron chi connectivity index (χ2n) is 3.95. The Labute approximate surface area is 105 Å². The molecule has 1 N–H and O–H groups in total. The van der Waals surface area contributed by atoms with Crippen LogP contribution < -0.4 is 0 Å². The molecule has 18 heavy (non-hydrogen) atoms. The molecular weight excluding hydrogens is 230 g/mol. The number of hydrogen-bond acceptors (Lipinski definition) is 3. The molecule has 4 heteroatoms. The van der Waals surface area contributed by atoms with Crippen LogP contribution in [0.2, 0.25) is 0 Å². The van der Waals surface area contributed by atoms with E-state index in [0.29, 0.717) is 11.3 Å². The molecule has 4 nitrogen and oxygen atoms in total. The van der Waals surface area contributed by atoms with Gasteiger partial charge in [0.25, 0.3) is 0 Å². The van der Waals surface area contributed by atoms with Crippen molar-refractivity contribution in [3.05, 3.63) is 59.4 Å². The molecule has 1 heterocycles. The molecule has 0 saturated carbocycles. The van der Waals surface area contributed by atoms with E-state index in [1.165, 1.54) is 0 Å². The highest BCUT2D eigenvalue weighted by molar-refractivity contribution is 5.98. The number of ketones is 1. The Hall–Kier alpha value is -2.36. The molecule has 2 rings (SSSR count). The molecular formula is C14H13NO3. The average molecular weight is 243 g/mol. The van der Waals surface area contributed by atoms with Gasteiger partial charge in [0, 0.05) is 6.20 Å². The highest BCUT2D eigenvalue weighted by Gasteiger charge is 2.11. The zero-order valence-electron chi connectivity index (χ0n) is 9.97. The summed E-state index contributed by atoms with van der Waals surface area (Å²) in [4.78, 5) is 26.0. The molecule has 0 aliphatic rings. The van der Waals surface area contributed by atoms with E-state index in [9.17, 15) is 9.59 Å². The summed E-state index contributed by atoms with van der Waals surface area (Å²) >= 11 is 0. The smallest absolute Gasteiger partial charge is 0.338 e. The minimum Gasteiger partial charge on any atom is -0.454 e. The molecule has 0 saturated heterocycles. The Morgan fingerprint density at radius 1 is 1.17 bits per heavy atom.